The van der Waals surface area contributed by atoms with E-state index in [4.69, 9.17) is 27.9 Å². The molecule has 0 aromatic heterocycles. The lowest BCUT2D eigenvalue weighted by Gasteiger charge is -2.15. The second-order valence-corrected chi connectivity index (χ2v) is 4.36. The Kier molecular flexibility index (Phi) is 5.23. The Hall–Kier alpha value is -0.440. The highest BCUT2D eigenvalue weighted by Gasteiger charge is 2.03. The maximum Gasteiger partial charge on any atom is 0.0481 e. The first-order chi connectivity index (χ1) is 7.11. The third-order valence-corrected chi connectivity index (χ3v) is 2.47. The van der Waals surface area contributed by atoms with Crippen LogP contribution >= 0.6 is 23.2 Å². The minimum atomic E-state index is 0.333. The lowest BCUT2D eigenvalue weighted by atomic mass is 10.2. The van der Waals surface area contributed by atoms with Gasteiger partial charge >= 0.3 is 0 Å². The molecular weight excluding hydrogens is 233 g/mol. The number of benzene rings is 1. The fourth-order valence-electron chi connectivity index (χ4n) is 1.29. The lowest BCUT2D eigenvalue weighted by molar-refractivity contribution is 0.191. The lowest BCUT2D eigenvalue weighted by Crippen LogP contribution is -2.17. The van der Waals surface area contributed by atoms with E-state index in [0.717, 1.165) is 18.7 Å². The second kappa shape index (κ2) is 6.21. The van der Waals surface area contributed by atoms with Crippen LogP contribution in [-0.4, -0.2) is 19.8 Å². The number of halogens is 2. The molecule has 2 nitrogen and oxygen atoms in total. The molecule has 0 bridgehead atoms. The molecule has 0 saturated carbocycles. The summed E-state index contributed by atoms with van der Waals surface area (Å²) in [5.41, 5.74) is 0.941. The smallest absolute Gasteiger partial charge is 0.0481 e. The van der Waals surface area contributed by atoms with Gasteiger partial charge in [0.2, 0.25) is 0 Å². The molecule has 0 fully saturated rings. The van der Waals surface area contributed by atoms with Crippen molar-refractivity contribution in [3.63, 3.8) is 0 Å². The minimum Gasteiger partial charge on any atom is -0.385 e. The molecule has 0 heterocycles. The van der Waals surface area contributed by atoms with Gasteiger partial charge in [-0.2, -0.15) is 0 Å². The molecule has 0 saturated heterocycles. The fraction of sp³-hybridized carbons (Fsp3) is 0.455. The van der Waals surface area contributed by atoms with Crippen molar-refractivity contribution in [2.75, 3.05) is 19.0 Å². The van der Waals surface area contributed by atoms with Crippen molar-refractivity contribution in [2.24, 2.45) is 0 Å². The highest BCUT2D eigenvalue weighted by molar-refractivity contribution is 6.35. The van der Waals surface area contributed by atoms with E-state index < -0.39 is 0 Å². The van der Waals surface area contributed by atoms with Gasteiger partial charge in [0, 0.05) is 35.5 Å². The van der Waals surface area contributed by atoms with E-state index in [-0.39, 0.29) is 0 Å². The van der Waals surface area contributed by atoms with E-state index in [2.05, 4.69) is 12.2 Å². The largest absolute Gasteiger partial charge is 0.385 e. The van der Waals surface area contributed by atoms with Gasteiger partial charge in [-0.15, -0.1) is 0 Å². The molecule has 84 valence electrons. The first kappa shape index (κ1) is 12.6. The number of anilines is 1. The standard InChI is InChI=1S/C11H15Cl2NO/c1-8(3-4-15-2)14-11-6-9(12)5-10(13)7-11/h5-8,14H,3-4H2,1-2H3. The van der Waals surface area contributed by atoms with E-state index in [0.29, 0.717) is 16.1 Å². The molecular formula is C11H15Cl2NO. The first-order valence-corrected chi connectivity index (χ1v) is 5.59. The quantitative estimate of drug-likeness (QED) is 0.854. The summed E-state index contributed by atoms with van der Waals surface area (Å²) in [4.78, 5) is 0. The van der Waals surface area contributed by atoms with Crippen molar-refractivity contribution in [3.05, 3.63) is 28.2 Å². The molecule has 15 heavy (non-hydrogen) atoms. The normalized spacial score (nSPS) is 12.5. The van der Waals surface area contributed by atoms with Gasteiger partial charge in [-0.1, -0.05) is 23.2 Å². The minimum absolute atomic E-state index is 0.333. The zero-order chi connectivity index (χ0) is 11.3. The Bertz CT molecular complexity index is 297. The van der Waals surface area contributed by atoms with Crippen molar-refractivity contribution < 1.29 is 4.74 Å². The maximum atomic E-state index is 5.89. The molecule has 0 aliphatic heterocycles. The van der Waals surface area contributed by atoms with Crippen molar-refractivity contribution in [1.82, 2.24) is 0 Å². The van der Waals surface area contributed by atoms with Gasteiger partial charge < -0.3 is 10.1 Å². The highest BCUT2D eigenvalue weighted by atomic mass is 35.5. The summed E-state index contributed by atoms with van der Waals surface area (Å²) >= 11 is 11.8. The summed E-state index contributed by atoms with van der Waals surface area (Å²) in [5.74, 6) is 0. The van der Waals surface area contributed by atoms with E-state index in [1.807, 2.05) is 12.1 Å². The molecule has 4 heteroatoms. The van der Waals surface area contributed by atoms with Gasteiger partial charge in [0.15, 0.2) is 0 Å². The molecule has 1 unspecified atom stereocenters. The third-order valence-electron chi connectivity index (χ3n) is 2.03. The molecule has 0 aliphatic rings. The van der Waals surface area contributed by atoms with Gasteiger partial charge in [-0.05, 0) is 31.5 Å². The Labute approximate surface area is 101 Å². The Morgan fingerprint density at radius 2 is 1.87 bits per heavy atom. The van der Waals surface area contributed by atoms with Gasteiger partial charge in [-0.25, -0.2) is 0 Å². The zero-order valence-electron chi connectivity index (χ0n) is 8.89. The summed E-state index contributed by atoms with van der Waals surface area (Å²) in [6.07, 6.45) is 0.945. The van der Waals surface area contributed by atoms with Gasteiger partial charge in [-0.3, -0.25) is 0 Å². The fourth-order valence-corrected chi connectivity index (χ4v) is 1.81. The zero-order valence-corrected chi connectivity index (χ0v) is 10.4. The number of hydrogen-bond donors (Lipinski definition) is 1. The molecule has 1 rings (SSSR count). The molecule has 1 aromatic rings. The van der Waals surface area contributed by atoms with Crippen LogP contribution in [0.1, 0.15) is 13.3 Å². The van der Waals surface area contributed by atoms with Crippen LogP contribution in [0, 0.1) is 0 Å². The van der Waals surface area contributed by atoms with Crippen molar-refractivity contribution in [3.8, 4) is 0 Å². The summed E-state index contributed by atoms with van der Waals surface area (Å²) in [5, 5.41) is 4.59. The maximum absolute atomic E-state index is 5.89. The number of methoxy groups -OCH3 is 1. The summed E-state index contributed by atoms with van der Waals surface area (Å²) in [6, 6.07) is 5.76. The van der Waals surface area contributed by atoms with Crippen LogP contribution in [0.4, 0.5) is 5.69 Å². The molecule has 0 radical (unpaired) electrons. The average Bonchev–Trinajstić information content (AvgIpc) is 2.13. The number of ether oxygens (including phenoxy) is 1. The average molecular weight is 248 g/mol. The van der Waals surface area contributed by atoms with E-state index in [9.17, 15) is 0 Å². The van der Waals surface area contributed by atoms with Crippen molar-refractivity contribution >= 4 is 28.9 Å². The Morgan fingerprint density at radius 3 is 2.40 bits per heavy atom. The van der Waals surface area contributed by atoms with Crippen LogP contribution in [-0.2, 0) is 4.74 Å². The second-order valence-electron chi connectivity index (χ2n) is 3.48. The van der Waals surface area contributed by atoms with E-state index in [1.54, 1.807) is 13.2 Å². The SMILES string of the molecule is COCCC(C)Nc1cc(Cl)cc(Cl)c1. The number of rotatable bonds is 5. The van der Waals surface area contributed by atoms with Crippen LogP contribution in [0.2, 0.25) is 10.0 Å². The third kappa shape index (κ3) is 4.74. The number of nitrogens with one attached hydrogen (secondary N) is 1. The summed E-state index contributed by atoms with van der Waals surface area (Å²) in [7, 11) is 1.70. The van der Waals surface area contributed by atoms with Crippen LogP contribution in [0.5, 0.6) is 0 Å². The van der Waals surface area contributed by atoms with Crippen molar-refractivity contribution in [1.29, 1.82) is 0 Å². The van der Waals surface area contributed by atoms with Crippen molar-refractivity contribution in [2.45, 2.75) is 19.4 Å². The van der Waals surface area contributed by atoms with Gasteiger partial charge in [0.05, 0.1) is 0 Å². The van der Waals surface area contributed by atoms with Crippen LogP contribution in [0.15, 0.2) is 18.2 Å². The predicted octanol–water partition coefficient (Wildman–Crippen LogP) is 3.83. The first-order valence-electron chi connectivity index (χ1n) is 4.83. The van der Waals surface area contributed by atoms with Crippen LogP contribution in [0.3, 0.4) is 0 Å². The van der Waals surface area contributed by atoms with E-state index >= 15 is 0 Å². The summed E-state index contributed by atoms with van der Waals surface area (Å²) < 4.78 is 5.01. The number of hydrogen-bond acceptors (Lipinski definition) is 2. The Morgan fingerprint density at radius 1 is 1.27 bits per heavy atom. The summed E-state index contributed by atoms with van der Waals surface area (Å²) in [6.45, 7) is 2.83. The monoisotopic (exact) mass is 247 g/mol. The van der Waals surface area contributed by atoms with Gasteiger partial charge in [0.25, 0.3) is 0 Å². The molecule has 1 atom stereocenters. The van der Waals surface area contributed by atoms with Crippen LogP contribution in [0.25, 0.3) is 0 Å². The van der Waals surface area contributed by atoms with E-state index in [1.165, 1.54) is 0 Å². The topological polar surface area (TPSA) is 21.3 Å². The molecule has 0 spiro atoms. The molecule has 1 N–H and O–H groups in total. The predicted molar refractivity (Wildman–Crippen MR) is 66.0 cm³/mol. The molecule has 0 amide bonds. The molecule has 1 aromatic carbocycles. The highest BCUT2D eigenvalue weighted by Crippen LogP contribution is 2.23. The Balaban J connectivity index is 2.56. The van der Waals surface area contributed by atoms with Crippen LogP contribution < -0.4 is 5.32 Å². The van der Waals surface area contributed by atoms with Gasteiger partial charge in [0.1, 0.15) is 0 Å². The molecule has 0 aliphatic carbocycles.